The summed E-state index contributed by atoms with van der Waals surface area (Å²) in [4.78, 5) is 34.0. The number of thioether (sulfide) groups is 1. The van der Waals surface area contributed by atoms with E-state index in [1.165, 1.54) is 28.8 Å². The van der Waals surface area contributed by atoms with Crippen LogP contribution in [0.1, 0.15) is 28.8 Å². The van der Waals surface area contributed by atoms with Crippen molar-refractivity contribution in [1.29, 1.82) is 0 Å². The molecule has 2 heterocycles. The van der Waals surface area contributed by atoms with Crippen molar-refractivity contribution in [1.82, 2.24) is 15.3 Å². The molecule has 0 radical (unpaired) electrons. The average molecular weight is 418 g/mol. The molecule has 1 amide bonds. The smallest absolute Gasteiger partial charge is 0.260 e. The molecule has 1 aliphatic carbocycles. The lowest BCUT2D eigenvalue weighted by Gasteiger charge is -2.09. The molecule has 146 valence electrons. The largest absolute Gasteiger partial charge is 0.355 e. The van der Waals surface area contributed by atoms with Crippen molar-refractivity contribution in [3.05, 3.63) is 56.4 Å². The molecule has 8 heteroatoms. The third-order valence-electron chi connectivity index (χ3n) is 4.79. The SMILES string of the molecule is O=C(CSc1nc2sc3c(c2c(=O)[nH]1)CCCC3)NCCc1ccc(F)cc1. The molecule has 4 rings (SSSR count). The number of hydrogen-bond donors (Lipinski definition) is 2. The van der Waals surface area contributed by atoms with E-state index in [-0.39, 0.29) is 23.0 Å². The number of carbonyl (C=O) groups excluding carboxylic acids is 1. The fourth-order valence-corrected chi connectivity index (χ4v) is 5.41. The van der Waals surface area contributed by atoms with E-state index in [2.05, 4.69) is 15.3 Å². The number of halogens is 1. The van der Waals surface area contributed by atoms with Gasteiger partial charge >= 0.3 is 0 Å². The van der Waals surface area contributed by atoms with Gasteiger partial charge in [0.1, 0.15) is 10.6 Å². The number of thiophene rings is 1. The Morgan fingerprint density at radius 2 is 2.04 bits per heavy atom. The first kappa shape index (κ1) is 19.1. The predicted octanol–water partition coefficient (Wildman–Crippen LogP) is 3.45. The van der Waals surface area contributed by atoms with E-state index in [0.29, 0.717) is 18.1 Å². The van der Waals surface area contributed by atoms with Gasteiger partial charge in [-0.15, -0.1) is 11.3 Å². The monoisotopic (exact) mass is 417 g/mol. The maximum absolute atomic E-state index is 12.9. The second-order valence-electron chi connectivity index (χ2n) is 6.78. The first-order valence-electron chi connectivity index (χ1n) is 9.28. The second kappa shape index (κ2) is 8.45. The molecule has 2 aromatic heterocycles. The molecule has 0 atom stereocenters. The molecule has 28 heavy (non-hydrogen) atoms. The minimum Gasteiger partial charge on any atom is -0.355 e. The van der Waals surface area contributed by atoms with Crippen LogP contribution >= 0.6 is 23.1 Å². The summed E-state index contributed by atoms with van der Waals surface area (Å²) >= 11 is 2.83. The predicted molar refractivity (Wildman–Crippen MR) is 111 cm³/mol. The Hall–Kier alpha value is -2.19. The van der Waals surface area contributed by atoms with Crippen LogP contribution in [0.4, 0.5) is 4.39 Å². The first-order chi connectivity index (χ1) is 13.6. The third kappa shape index (κ3) is 4.28. The van der Waals surface area contributed by atoms with Crippen LogP contribution in [-0.2, 0) is 24.1 Å². The number of amides is 1. The van der Waals surface area contributed by atoms with Crippen molar-refractivity contribution in [2.75, 3.05) is 12.3 Å². The van der Waals surface area contributed by atoms with E-state index in [1.54, 1.807) is 23.5 Å². The number of aromatic nitrogens is 2. The molecule has 0 unspecified atom stereocenters. The number of benzene rings is 1. The summed E-state index contributed by atoms with van der Waals surface area (Å²) in [6.07, 6.45) is 4.89. The molecule has 0 saturated heterocycles. The normalized spacial score (nSPS) is 13.5. The van der Waals surface area contributed by atoms with Crippen molar-refractivity contribution in [2.45, 2.75) is 37.3 Å². The van der Waals surface area contributed by atoms with Crippen LogP contribution in [0.3, 0.4) is 0 Å². The van der Waals surface area contributed by atoms with Crippen molar-refractivity contribution < 1.29 is 9.18 Å². The van der Waals surface area contributed by atoms with Crippen LogP contribution in [0.2, 0.25) is 0 Å². The van der Waals surface area contributed by atoms with Crippen LogP contribution < -0.4 is 10.9 Å². The molecule has 2 N–H and O–H groups in total. The first-order valence-corrected chi connectivity index (χ1v) is 11.1. The molecule has 0 fully saturated rings. The number of hydrogen-bond acceptors (Lipinski definition) is 5. The maximum Gasteiger partial charge on any atom is 0.260 e. The zero-order valence-corrected chi connectivity index (χ0v) is 16.9. The van der Waals surface area contributed by atoms with Gasteiger partial charge in [0.2, 0.25) is 5.91 Å². The van der Waals surface area contributed by atoms with Crippen LogP contribution in [0.25, 0.3) is 10.2 Å². The lowest BCUT2D eigenvalue weighted by Crippen LogP contribution is -2.27. The average Bonchev–Trinajstić information content (AvgIpc) is 3.07. The van der Waals surface area contributed by atoms with E-state index in [0.717, 1.165) is 47.0 Å². The number of H-pyrrole nitrogens is 1. The molecular weight excluding hydrogens is 397 g/mol. The quantitative estimate of drug-likeness (QED) is 0.476. The van der Waals surface area contributed by atoms with Crippen molar-refractivity contribution in [3.8, 4) is 0 Å². The molecule has 0 saturated carbocycles. The minimum atomic E-state index is -0.269. The summed E-state index contributed by atoms with van der Waals surface area (Å²) < 4.78 is 12.9. The third-order valence-corrected chi connectivity index (χ3v) is 6.85. The lowest BCUT2D eigenvalue weighted by molar-refractivity contribution is -0.118. The highest BCUT2D eigenvalue weighted by molar-refractivity contribution is 7.99. The number of aromatic amines is 1. The maximum atomic E-state index is 12.9. The highest BCUT2D eigenvalue weighted by Gasteiger charge is 2.20. The van der Waals surface area contributed by atoms with Gasteiger partial charge in [-0.05, 0) is 55.4 Å². The minimum absolute atomic E-state index is 0.108. The number of aryl methyl sites for hydroxylation is 2. The highest BCUT2D eigenvalue weighted by atomic mass is 32.2. The zero-order chi connectivity index (χ0) is 19.5. The fourth-order valence-electron chi connectivity index (χ4n) is 3.39. The van der Waals surface area contributed by atoms with Crippen molar-refractivity contribution in [3.63, 3.8) is 0 Å². The summed E-state index contributed by atoms with van der Waals surface area (Å²) in [7, 11) is 0. The number of nitrogens with one attached hydrogen (secondary N) is 2. The molecule has 5 nitrogen and oxygen atoms in total. The van der Waals surface area contributed by atoms with Crippen LogP contribution in [-0.4, -0.2) is 28.2 Å². The Balaban J connectivity index is 1.34. The molecule has 0 bridgehead atoms. The van der Waals surface area contributed by atoms with Gasteiger partial charge in [-0.3, -0.25) is 9.59 Å². The van der Waals surface area contributed by atoms with Gasteiger partial charge in [0, 0.05) is 11.4 Å². The summed E-state index contributed by atoms with van der Waals surface area (Å²) in [5, 5.41) is 4.04. The van der Waals surface area contributed by atoms with Gasteiger partial charge in [-0.1, -0.05) is 23.9 Å². The fraction of sp³-hybridized carbons (Fsp3) is 0.350. The van der Waals surface area contributed by atoms with Crippen molar-refractivity contribution in [2.24, 2.45) is 0 Å². The summed E-state index contributed by atoms with van der Waals surface area (Å²) in [6.45, 7) is 0.478. The van der Waals surface area contributed by atoms with E-state index in [9.17, 15) is 14.0 Å². The molecular formula is C20H20FN3O2S2. The molecule has 0 aliphatic heterocycles. The second-order valence-corrected chi connectivity index (χ2v) is 8.82. The van der Waals surface area contributed by atoms with E-state index in [4.69, 9.17) is 0 Å². The standard InChI is InChI=1S/C20H20FN3O2S2/c21-13-7-5-12(6-8-13)9-10-22-16(25)11-27-20-23-18(26)17-14-3-1-2-4-15(14)28-19(17)24-20/h5-8H,1-4,9-11H2,(H,22,25)(H,23,24,26). The van der Waals surface area contributed by atoms with Crippen molar-refractivity contribution >= 4 is 39.2 Å². The Bertz CT molecular complexity index is 1060. The lowest BCUT2D eigenvalue weighted by atomic mass is 9.97. The van der Waals surface area contributed by atoms with Crippen LogP contribution in [0, 0.1) is 5.82 Å². The number of fused-ring (bicyclic) bond motifs is 3. The Morgan fingerprint density at radius 1 is 1.25 bits per heavy atom. The molecule has 0 spiro atoms. The van der Waals surface area contributed by atoms with Gasteiger partial charge in [-0.2, -0.15) is 0 Å². The summed E-state index contributed by atoms with van der Waals surface area (Å²) in [6, 6.07) is 6.24. The number of carbonyl (C=O) groups is 1. The van der Waals surface area contributed by atoms with Gasteiger partial charge in [0.15, 0.2) is 5.16 Å². The summed E-state index contributed by atoms with van der Waals surface area (Å²) in [5.41, 5.74) is 2.02. The Kier molecular flexibility index (Phi) is 5.77. The number of nitrogens with zero attached hydrogens (tertiary/aromatic N) is 1. The van der Waals surface area contributed by atoms with Gasteiger partial charge in [0.25, 0.3) is 5.56 Å². The van der Waals surface area contributed by atoms with Gasteiger partial charge < -0.3 is 10.3 Å². The number of rotatable bonds is 6. The van der Waals surface area contributed by atoms with Gasteiger partial charge in [0.05, 0.1) is 11.1 Å². The summed E-state index contributed by atoms with van der Waals surface area (Å²) in [5.74, 6) is -0.210. The molecule has 1 aromatic carbocycles. The zero-order valence-electron chi connectivity index (χ0n) is 15.2. The Labute approximate surface area is 169 Å². The van der Waals surface area contributed by atoms with Gasteiger partial charge in [-0.25, -0.2) is 9.37 Å². The van der Waals surface area contributed by atoms with Crippen LogP contribution in [0.15, 0.2) is 34.2 Å². The Morgan fingerprint density at radius 3 is 2.86 bits per heavy atom. The van der Waals surface area contributed by atoms with E-state index in [1.807, 2.05) is 0 Å². The molecule has 3 aromatic rings. The molecule has 1 aliphatic rings. The van der Waals surface area contributed by atoms with E-state index >= 15 is 0 Å². The van der Waals surface area contributed by atoms with E-state index < -0.39 is 0 Å². The highest BCUT2D eigenvalue weighted by Crippen LogP contribution is 2.34. The van der Waals surface area contributed by atoms with Crippen LogP contribution in [0.5, 0.6) is 0 Å². The topological polar surface area (TPSA) is 74.8 Å².